The van der Waals surface area contributed by atoms with Crippen LogP contribution in [0.3, 0.4) is 0 Å². The molecule has 2 aromatic rings. The number of fused-ring (bicyclic) bond motifs is 1. The van der Waals surface area contributed by atoms with Crippen molar-refractivity contribution in [2.45, 2.75) is 25.8 Å². The number of aromatic amines is 1. The van der Waals surface area contributed by atoms with E-state index in [1.807, 2.05) is 19.1 Å². The maximum Gasteiger partial charge on any atom is 0.305 e. The number of carboxylic acid groups (broad SMARTS) is 1. The Morgan fingerprint density at radius 1 is 1.33 bits per heavy atom. The molecule has 0 bridgehead atoms. The van der Waals surface area contributed by atoms with Gasteiger partial charge in [-0.1, -0.05) is 6.92 Å². The van der Waals surface area contributed by atoms with Crippen LogP contribution in [0, 0.1) is 0 Å². The van der Waals surface area contributed by atoms with Gasteiger partial charge in [-0.2, -0.15) is 0 Å². The Kier molecular flexibility index (Phi) is 5.05. The highest BCUT2D eigenvalue weighted by Crippen LogP contribution is 2.30. The zero-order chi connectivity index (χ0) is 15.6. The summed E-state index contributed by atoms with van der Waals surface area (Å²) >= 11 is 6.82. The lowest BCUT2D eigenvalue weighted by Gasteiger charge is -2.14. The molecule has 0 saturated carbocycles. The van der Waals surface area contributed by atoms with Crippen LogP contribution in [0.1, 0.15) is 30.1 Å². The van der Waals surface area contributed by atoms with Crippen LogP contribution in [-0.2, 0) is 4.79 Å². The molecule has 21 heavy (non-hydrogen) atoms. The average Bonchev–Trinajstić information content (AvgIpc) is 2.80. The van der Waals surface area contributed by atoms with Crippen LogP contribution < -0.4 is 5.32 Å². The van der Waals surface area contributed by atoms with Crippen LogP contribution in [0.4, 0.5) is 0 Å². The fraction of sp³-hybridized carbons (Fsp3) is 0.286. The van der Waals surface area contributed by atoms with Gasteiger partial charge < -0.3 is 15.4 Å². The lowest BCUT2D eigenvalue weighted by Crippen LogP contribution is -2.35. The number of hydrogen-bond donors (Lipinski definition) is 3. The molecule has 0 saturated heterocycles. The Morgan fingerprint density at radius 2 is 2.00 bits per heavy atom. The first-order valence-corrected chi connectivity index (χ1v) is 7.99. The van der Waals surface area contributed by atoms with Gasteiger partial charge in [0.15, 0.2) is 0 Å². The molecule has 0 spiro atoms. The Labute approximate surface area is 138 Å². The minimum Gasteiger partial charge on any atom is -0.481 e. The van der Waals surface area contributed by atoms with E-state index in [-0.39, 0.29) is 18.4 Å². The number of rotatable bonds is 5. The molecule has 0 aliphatic heterocycles. The molecular weight excluding hydrogens is 404 g/mol. The minimum absolute atomic E-state index is 0.0835. The molecule has 112 valence electrons. The first-order valence-electron chi connectivity index (χ1n) is 6.41. The van der Waals surface area contributed by atoms with Crippen molar-refractivity contribution in [3.8, 4) is 0 Å². The Morgan fingerprint density at radius 3 is 2.62 bits per heavy atom. The molecule has 1 heterocycles. The first kappa shape index (κ1) is 16.0. The van der Waals surface area contributed by atoms with Crippen LogP contribution in [0.25, 0.3) is 10.9 Å². The molecule has 1 atom stereocenters. The van der Waals surface area contributed by atoms with Gasteiger partial charge in [-0.25, -0.2) is 0 Å². The maximum absolute atomic E-state index is 12.3. The Bertz CT molecular complexity index is 697. The standard InChI is InChI=1S/C14H14Br2N2O3/c1-2-7(3-13(19)20)18-14(21)9-6-17-12-5-11(16)10(15)4-8(9)12/h4-7,17H,2-3H2,1H3,(H,18,21)(H,19,20). The fourth-order valence-corrected chi connectivity index (χ4v) is 2.76. The molecule has 0 aliphatic carbocycles. The predicted molar refractivity (Wildman–Crippen MR) is 87.5 cm³/mol. The van der Waals surface area contributed by atoms with E-state index in [0.717, 1.165) is 19.8 Å². The minimum atomic E-state index is -0.923. The van der Waals surface area contributed by atoms with E-state index in [1.54, 1.807) is 6.20 Å². The fourth-order valence-electron chi connectivity index (χ4n) is 2.08. The number of H-pyrrole nitrogens is 1. The second-order valence-electron chi connectivity index (χ2n) is 4.69. The van der Waals surface area contributed by atoms with E-state index in [0.29, 0.717) is 12.0 Å². The number of carboxylic acids is 1. The zero-order valence-corrected chi connectivity index (χ0v) is 14.4. The molecular formula is C14H14Br2N2O3. The van der Waals surface area contributed by atoms with Crippen molar-refractivity contribution < 1.29 is 14.7 Å². The van der Waals surface area contributed by atoms with Gasteiger partial charge in [0.2, 0.25) is 0 Å². The molecule has 5 nitrogen and oxygen atoms in total. The van der Waals surface area contributed by atoms with E-state index in [9.17, 15) is 9.59 Å². The van der Waals surface area contributed by atoms with Gasteiger partial charge in [0.05, 0.1) is 12.0 Å². The number of hydrogen-bond acceptors (Lipinski definition) is 2. The summed E-state index contributed by atoms with van der Waals surface area (Å²) in [6.45, 7) is 1.84. The lowest BCUT2D eigenvalue weighted by atomic mass is 10.1. The van der Waals surface area contributed by atoms with Gasteiger partial charge in [0.1, 0.15) is 0 Å². The van der Waals surface area contributed by atoms with E-state index in [1.165, 1.54) is 0 Å². The topological polar surface area (TPSA) is 82.2 Å². The van der Waals surface area contributed by atoms with Crippen molar-refractivity contribution >= 4 is 54.6 Å². The number of aromatic nitrogens is 1. The van der Waals surface area contributed by atoms with E-state index in [4.69, 9.17) is 5.11 Å². The van der Waals surface area contributed by atoms with Crippen molar-refractivity contribution in [1.29, 1.82) is 0 Å². The van der Waals surface area contributed by atoms with E-state index in [2.05, 4.69) is 42.2 Å². The van der Waals surface area contributed by atoms with Crippen molar-refractivity contribution in [3.05, 3.63) is 32.8 Å². The third kappa shape index (κ3) is 3.65. The van der Waals surface area contributed by atoms with E-state index < -0.39 is 5.97 Å². The highest BCUT2D eigenvalue weighted by Gasteiger charge is 2.18. The van der Waals surface area contributed by atoms with Crippen molar-refractivity contribution in [3.63, 3.8) is 0 Å². The molecule has 1 aromatic heterocycles. The second kappa shape index (κ2) is 6.62. The molecule has 3 N–H and O–H groups in total. The number of nitrogens with one attached hydrogen (secondary N) is 2. The van der Waals surface area contributed by atoms with E-state index >= 15 is 0 Å². The number of amides is 1. The molecule has 0 radical (unpaired) electrons. The normalized spacial score (nSPS) is 12.3. The van der Waals surface area contributed by atoms with Gasteiger partial charge in [0.25, 0.3) is 5.91 Å². The summed E-state index contributed by atoms with van der Waals surface area (Å²) in [6.07, 6.45) is 2.11. The van der Waals surface area contributed by atoms with Crippen LogP contribution in [0.5, 0.6) is 0 Å². The van der Waals surface area contributed by atoms with Crippen LogP contribution in [0.2, 0.25) is 0 Å². The largest absolute Gasteiger partial charge is 0.481 e. The number of benzene rings is 1. The Balaban J connectivity index is 2.27. The highest BCUT2D eigenvalue weighted by atomic mass is 79.9. The SMILES string of the molecule is CCC(CC(=O)O)NC(=O)c1c[nH]c2cc(Br)c(Br)cc12. The summed E-state index contributed by atoms with van der Waals surface area (Å²) in [5.41, 5.74) is 1.34. The quantitative estimate of drug-likeness (QED) is 0.693. The lowest BCUT2D eigenvalue weighted by molar-refractivity contribution is -0.137. The number of carbonyl (C=O) groups excluding carboxylic acids is 1. The first-order chi connectivity index (χ1) is 9.92. The second-order valence-corrected chi connectivity index (χ2v) is 6.40. The van der Waals surface area contributed by atoms with Gasteiger partial charge in [0, 0.05) is 32.1 Å². The highest BCUT2D eigenvalue weighted by molar-refractivity contribution is 9.13. The number of aliphatic carboxylic acids is 1. The van der Waals surface area contributed by atoms with Crippen molar-refractivity contribution in [2.24, 2.45) is 0 Å². The van der Waals surface area contributed by atoms with Crippen LogP contribution >= 0.6 is 31.9 Å². The summed E-state index contributed by atoms with van der Waals surface area (Å²) in [5, 5.41) is 12.4. The third-order valence-corrected chi connectivity index (χ3v) is 5.06. The van der Waals surface area contributed by atoms with Gasteiger partial charge in [-0.15, -0.1) is 0 Å². The summed E-state index contributed by atoms with van der Waals surface area (Å²) in [4.78, 5) is 26.1. The summed E-state index contributed by atoms with van der Waals surface area (Å²) < 4.78 is 1.74. The van der Waals surface area contributed by atoms with Crippen molar-refractivity contribution in [2.75, 3.05) is 0 Å². The monoisotopic (exact) mass is 416 g/mol. The number of halogens is 2. The summed E-state index contributed by atoms with van der Waals surface area (Å²) in [6, 6.07) is 3.35. The average molecular weight is 418 g/mol. The third-order valence-electron chi connectivity index (χ3n) is 3.22. The number of carbonyl (C=O) groups is 2. The predicted octanol–water partition coefficient (Wildman–Crippen LogP) is 3.68. The molecule has 2 rings (SSSR count). The van der Waals surface area contributed by atoms with Crippen LogP contribution in [-0.4, -0.2) is 28.0 Å². The molecule has 1 aromatic carbocycles. The van der Waals surface area contributed by atoms with Gasteiger partial charge in [-0.3, -0.25) is 9.59 Å². The Hall–Kier alpha value is -1.34. The molecule has 0 aliphatic rings. The zero-order valence-electron chi connectivity index (χ0n) is 11.2. The van der Waals surface area contributed by atoms with Crippen LogP contribution in [0.15, 0.2) is 27.3 Å². The van der Waals surface area contributed by atoms with Gasteiger partial charge in [-0.05, 0) is 50.4 Å². The summed E-state index contributed by atoms with van der Waals surface area (Å²) in [7, 11) is 0. The molecule has 0 fully saturated rings. The van der Waals surface area contributed by atoms with Gasteiger partial charge >= 0.3 is 5.97 Å². The summed E-state index contributed by atoms with van der Waals surface area (Å²) in [5.74, 6) is -1.20. The molecule has 1 unspecified atom stereocenters. The molecule has 1 amide bonds. The van der Waals surface area contributed by atoms with Crippen molar-refractivity contribution in [1.82, 2.24) is 10.3 Å². The molecule has 7 heteroatoms. The maximum atomic E-state index is 12.3. The smallest absolute Gasteiger partial charge is 0.305 e.